The topological polar surface area (TPSA) is 120 Å². The third-order valence-electron chi connectivity index (χ3n) is 13.4. The van der Waals surface area contributed by atoms with Gasteiger partial charge in [-0.15, -0.1) is 0 Å². The number of halogens is 1. The summed E-state index contributed by atoms with van der Waals surface area (Å²) in [4.78, 5) is 11.9. The van der Waals surface area contributed by atoms with E-state index >= 15 is 0 Å². The molecule has 4 aromatic heterocycles. The maximum Gasteiger partial charge on any atom is 0.226 e. The zero-order valence-corrected chi connectivity index (χ0v) is 43.4. The molecule has 2 saturated heterocycles. The normalized spacial score (nSPS) is 13.9. The van der Waals surface area contributed by atoms with Crippen LogP contribution < -0.4 is 23.8 Å². The van der Waals surface area contributed by atoms with Gasteiger partial charge >= 0.3 is 0 Å². The van der Waals surface area contributed by atoms with E-state index in [1.54, 1.807) is 0 Å². The van der Waals surface area contributed by atoms with Gasteiger partial charge in [-0.25, -0.2) is 0 Å². The second kappa shape index (κ2) is 22.6. The highest BCUT2D eigenvalue weighted by molar-refractivity contribution is 9.10. The number of nitrogens with zero attached hydrogens (tertiary/aromatic N) is 7. The number of aryl methyl sites for hydroxylation is 2. The zero-order chi connectivity index (χ0) is 51.0. The van der Waals surface area contributed by atoms with E-state index in [0.29, 0.717) is 63.2 Å². The van der Waals surface area contributed by atoms with Crippen LogP contribution >= 0.6 is 15.9 Å². The molecule has 0 bridgehead atoms. The molecule has 75 heavy (non-hydrogen) atoms. The lowest BCUT2D eigenvalue weighted by atomic mass is 10.0. The van der Waals surface area contributed by atoms with E-state index in [-0.39, 0.29) is 5.79 Å². The van der Waals surface area contributed by atoms with Gasteiger partial charge in [0.1, 0.15) is 37.8 Å². The molecule has 14 heteroatoms. The van der Waals surface area contributed by atoms with Crippen LogP contribution in [0.5, 0.6) is 23.5 Å². The monoisotopic (exact) mass is 1060 g/mol. The summed E-state index contributed by atoms with van der Waals surface area (Å²) in [6, 6.07) is 60.6. The largest absolute Gasteiger partial charge is 0.473 e. The summed E-state index contributed by atoms with van der Waals surface area (Å²) in [6.07, 6.45) is 1.74. The molecule has 0 aliphatic carbocycles. The van der Waals surface area contributed by atoms with E-state index in [9.17, 15) is 0 Å². The van der Waals surface area contributed by atoms with Crippen molar-refractivity contribution >= 4 is 43.4 Å². The zero-order valence-electron chi connectivity index (χ0n) is 41.8. The molecule has 0 atom stereocenters. The van der Waals surface area contributed by atoms with E-state index in [0.717, 1.165) is 97.0 Å². The van der Waals surface area contributed by atoms with Crippen LogP contribution in [0.1, 0.15) is 35.1 Å². The van der Waals surface area contributed by atoms with Crippen molar-refractivity contribution in [2.75, 3.05) is 31.2 Å². The Balaban J connectivity index is 0.000000165. The Morgan fingerprint density at radius 3 is 1.35 bits per heavy atom. The van der Waals surface area contributed by atoms with Gasteiger partial charge in [0.05, 0.1) is 35.4 Å². The lowest BCUT2D eigenvalue weighted by molar-refractivity contribution is -0.169. The first-order chi connectivity index (χ1) is 36.8. The fourth-order valence-corrected chi connectivity index (χ4v) is 9.81. The fourth-order valence-electron chi connectivity index (χ4n) is 9.47. The van der Waals surface area contributed by atoms with Gasteiger partial charge in [0.25, 0.3) is 0 Å². The van der Waals surface area contributed by atoms with Crippen molar-refractivity contribution in [3.63, 3.8) is 0 Å². The Morgan fingerprint density at radius 1 is 0.480 bits per heavy atom. The molecule has 0 unspecified atom stereocenters. The molecule has 1 spiro atoms. The number of rotatable bonds is 15. The van der Waals surface area contributed by atoms with Crippen LogP contribution in [0, 0.1) is 0 Å². The average Bonchev–Trinajstić information content (AvgIpc) is 4.16. The number of pyridine rings is 2. The maximum absolute atomic E-state index is 6.32. The number of hydrogen-bond acceptors (Lipinski definition) is 11. The first kappa shape index (κ1) is 49.2. The number of hydrogen-bond donors (Lipinski definition) is 0. The molecule has 6 aromatic carbocycles. The van der Waals surface area contributed by atoms with Crippen LogP contribution in [-0.2, 0) is 50.0 Å². The molecule has 12 rings (SSSR count). The number of ether oxygens (including phenoxy) is 6. The molecule has 2 aliphatic heterocycles. The molecule has 13 nitrogen and oxygen atoms in total. The van der Waals surface area contributed by atoms with E-state index in [1.165, 1.54) is 5.69 Å². The fraction of sp³-hybridized carbons (Fsp3) is 0.213. The summed E-state index contributed by atoms with van der Waals surface area (Å²) in [5, 5.41) is 11.8. The quantitative estimate of drug-likeness (QED) is 0.0976. The molecule has 2 fully saturated rings. The highest BCUT2D eigenvalue weighted by Crippen LogP contribution is 2.39. The van der Waals surface area contributed by atoms with Crippen molar-refractivity contribution in [3.8, 4) is 46.0 Å². The van der Waals surface area contributed by atoms with Gasteiger partial charge in [-0.05, 0) is 70.8 Å². The summed E-state index contributed by atoms with van der Waals surface area (Å²) in [6.45, 7) is 4.82. The molecular weight excluding hydrogens is 1010 g/mol. The summed E-state index contributed by atoms with van der Waals surface area (Å²) in [7, 11) is 3.92. The molecular formula is C61H56BrN7O6. The molecule has 10 aromatic rings. The maximum atomic E-state index is 6.32. The van der Waals surface area contributed by atoms with Crippen molar-refractivity contribution in [3.05, 3.63) is 209 Å². The summed E-state index contributed by atoms with van der Waals surface area (Å²) in [5.41, 5.74) is 10.8. The van der Waals surface area contributed by atoms with Crippen LogP contribution in [0.4, 0.5) is 5.69 Å². The Kier molecular flexibility index (Phi) is 14.8. The number of aromatic nitrogens is 6. The van der Waals surface area contributed by atoms with Gasteiger partial charge in [0.15, 0.2) is 5.79 Å². The van der Waals surface area contributed by atoms with Crippen molar-refractivity contribution < 1.29 is 28.4 Å². The Labute approximate surface area is 444 Å². The molecule has 2 aliphatic rings. The SMILES string of the molecule is Cn1nc(-c2ccc(OCc3ccccc3)nc2OCc2ccccc2)c2ccc(Br)cc21.Cn1nc(-c2ccc(OCc3ccccc3)nc2OCc2ccccc2)c2ccc(N3CCC4(CC3)OCCO4)cc21. The second-order valence-corrected chi connectivity index (χ2v) is 19.4. The molecule has 0 radical (unpaired) electrons. The molecule has 6 heterocycles. The minimum atomic E-state index is -0.388. The van der Waals surface area contributed by atoms with E-state index < -0.39 is 0 Å². The Morgan fingerprint density at radius 2 is 0.893 bits per heavy atom. The summed E-state index contributed by atoms with van der Waals surface area (Å²) >= 11 is 3.55. The van der Waals surface area contributed by atoms with Crippen molar-refractivity contribution in [2.24, 2.45) is 14.1 Å². The highest BCUT2D eigenvalue weighted by atomic mass is 79.9. The summed E-state index contributed by atoms with van der Waals surface area (Å²) < 4.78 is 41.2. The minimum Gasteiger partial charge on any atom is -0.473 e. The minimum absolute atomic E-state index is 0.388. The first-order valence-corrected chi connectivity index (χ1v) is 25.9. The van der Waals surface area contributed by atoms with E-state index in [4.69, 9.17) is 48.6 Å². The lowest BCUT2D eigenvalue weighted by Crippen LogP contribution is -2.45. The lowest BCUT2D eigenvalue weighted by Gasteiger charge is -2.38. The van der Waals surface area contributed by atoms with Crippen molar-refractivity contribution in [1.82, 2.24) is 29.5 Å². The van der Waals surface area contributed by atoms with Gasteiger partial charge in [0, 0.05) is 73.1 Å². The highest BCUT2D eigenvalue weighted by Gasteiger charge is 2.40. The van der Waals surface area contributed by atoms with Crippen molar-refractivity contribution in [1.29, 1.82) is 0 Å². The van der Waals surface area contributed by atoms with Crippen LogP contribution in [-0.4, -0.2) is 61.6 Å². The van der Waals surface area contributed by atoms with E-state index in [1.807, 2.05) is 175 Å². The van der Waals surface area contributed by atoms with Gasteiger partial charge in [-0.2, -0.15) is 20.2 Å². The van der Waals surface area contributed by atoms with Crippen LogP contribution in [0.2, 0.25) is 0 Å². The van der Waals surface area contributed by atoms with Crippen LogP contribution in [0.3, 0.4) is 0 Å². The van der Waals surface area contributed by atoms with Crippen molar-refractivity contribution in [2.45, 2.75) is 45.1 Å². The second-order valence-electron chi connectivity index (χ2n) is 18.5. The number of benzene rings is 6. The van der Waals surface area contributed by atoms with Crippen LogP contribution in [0.25, 0.3) is 44.3 Å². The van der Waals surface area contributed by atoms with E-state index in [2.05, 4.69) is 51.2 Å². The van der Waals surface area contributed by atoms with Gasteiger partial charge < -0.3 is 33.3 Å². The van der Waals surface area contributed by atoms with Gasteiger partial charge in [-0.3, -0.25) is 9.36 Å². The van der Waals surface area contributed by atoms with Gasteiger partial charge in [-0.1, -0.05) is 137 Å². The Hall–Kier alpha value is -8.04. The predicted molar refractivity (Wildman–Crippen MR) is 295 cm³/mol. The third kappa shape index (κ3) is 11.5. The smallest absolute Gasteiger partial charge is 0.226 e. The van der Waals surface area contributed by atoms with Gasteiger partial charge in [0.2, 0.25) is 23.5 Å². The molecule has 0 amide bonds. The third-order valence-corrected chi connectivity index (χ3v) is 13.9. The average molecular weight is 1060 g/mol. The molecule has 0 N–H and O–H groups in total. The standard InChI is InChI=1S/C34H34N4O4.C27H22BrN3O2/c1-37-30-22-27(38-18-16-34(17-19-38)41-20-21-42-34)12-13-28(30)32(36-37)29-14-15-31(39-23-25-8-4-2-5-9-25)35-33(29)40-24-26-10-6-3-7-11-26;1-31-24-16-21(28)12-13-22(24)26(30-31)23-14-15-25(32-17-19-8-4-2-5-9-19)29-27(23)33-18-20-10-6-3-7-11-20/h2-15,22H,16-21,23-24H2,1H3;2-16H,17-18H2,1H3. The van der Waals surface area contributed by atoms with Crippen LogP contribution in [0.15, 0.2) is 186 Å². The molecule has 378 valence electrons. The number of piperidine rings is 1. The predicted octanol–water partition coefficient (Wildman–Crippen LogP) is 12.7. The summed E-state index contributed by atoms with van der Waals surface area (Å²) in [5.74, 6) is 1.61. The Bertz CT molecular complexity index is 3510. The number of fused-ring (bicyclic) bond motifs is 2. The molecule has 0 saturated carbocycles. The first-order valence-electron chi connectivity index (χ1n) is 25.1. The number of anilines is 1.